The van der Waals surface area contributed by atoms with Crippen LogP contribution in [0.4, 0.5) is 0 Å². The van der Waals surface area contributed by atoms with Gasteiger partial charge in [-0.15, -0.1) is 0 Å². The van der Waals surface area contributed by atoms with Gasteiger partial charge in [0.1, 0.15) is 0 Å². The van der Waals surface area contributed by atoms with E-state index in [1.165, 1.54) is 82.4 Å². The predicted molar refractivity (Wildman–Crippen MR) is 105 cm³/mol. The van der Waals surface area contributed by atoms with E-state index in [0.29, 0.717) is 21.4 Å². The Morgan fingerprint density at radius 1 is 0.696 bits per heavy atom. The summed E-state index contributed by atoms with van der Waals surface area (Å²) in [6.45, 7) is 2.26. The Morgan fingerprint density at radius 2 is 1.09 bits per heavy atom. The van der Waals surface area contributed by atoms with Crippen LogP contribution in [0.3, 0.4) is 0 Å². The third kappa shape index (κ3) is 25.8. The Hall–Kier alpha value is 1.43. The monoisotopic (exact) mass is 424 g/mol. The van der Waals surface area contributed by atoms with Gasteiger partial charge in [-0.3, -0.25) is 0 Å². The summed E-state index contributed by atoms with van der Waals surface area (Å²) in [6.07, 6.45) is 17.2. The van der Waals surface area contributed by atoms with Crippen molar-refractivity contribution in [3.05, 3.63) is 0 Å². The van der Waals surface area contributed by atoms with E-state index < -0.39 is 10.1 Å². The molecule has 0 aromatic carbocycles. The van der Waals surface area contributed by atoms with Crippen LogP contribution in [0.1, 0.15) is 90.4 Å². The normalized spacial score (nSPS) is 11.4. The van der Waals surface area contributed by atoms with Crippen molar-refractivity contribution in [3.63, 3.8) is 0 Å². The van der Waals surface area contributed by atoms with E-state index in [-0.39, 0.29) is 35.3 Å². The molecule has 23 heavy (non-hydrogen) atoms. The maximum atomic E-state index is 10.5. The zero-order valence-electron chi connectivity index (χ0n) is 14.4. The Kier molecular flexibility index (Phi) is 22.9. The van der Waals surface area contributed by atoms with Crippen molar-refractivity contribution in [1.82, 2.24) is 0 Å². The summed E-state index contributed by atoms with van der Waals surface area (Å²) in [4.78, 5) is 0. The van der Waals surface area contributed by atoms with Gasteiger partial charge >= 0.3 is 161 Å². The molecule has 136 valence electrons. The van der Waals surface area contributed by atoms with Crippen molar-refractivity contribution in [2.24, 2.45) is 0 Å². The van der Waals surface area contributed by atoms with E-state index in [1.54, 1.807) is 0 Å². The Balaban J connectivity index is 0. The van der Waals surface area contributed by atoms with Crippen molar-refractivity contribution in [2.45, 2.75) is 101 Å². The zero-order valence-corrected chi connectivity index (χ0v) is 16.9. The van der Waals surface area contributed by atoms with Crippen LogP contribution in [-0.4, -0.2) is 63.2 Å². The van der Waals surface area contributed by atoms with E-state index in [2.05, 4.69) is 6.92 Å². The van der Waals surface area contributed by atoms with Gasteiger partial charge in [-0.2, -0.15) is 0 Å². The second-order valence-corrected chi connectivity index (χ2v) is 10.3. The van der Waals surface area contributed by atoms with Gasteiger partial charge in [0.15, 0.2) is 0 Å². The fraction of sp³-hybridized carbons (Fsp3) is 1.00. The molecule has 3 nitrogen and oxygen atoms in total. The van der Waals surface area contributed by atoms with Gasteiger partial charge in [-0.25, -0.2) is 0 Å². The summed E-state index contributed by atoms with van der Waals surface area (Å²) in [5.74, 6) is -0.0623. The Labute approximate surface area is 173 Å². The molecule has 0 radical (unpaired) electrons. The summed E-state index contributed by atoms with van der Waals surface area (Å²) in [5, 5.41) is 2.24. The molecule has 0 fully saturated rings. The molecule has 0 spiro atoms. The number of unbranched alkanes of at least 4 members (excludes halogenated alkanes) is 11. The molecule has 0 atom stereocenters. The van der Waals surface area contributed by atoms with Gasteiger partial charge in [-0.1, -0.05) is 13.3 Å². The molecule has 1 N–H and O–H groups in total. The van der Waals surface area contributed by atoms with Crippen molar-refractivity contribution < 1.29 is 13.0 Å². The standard InChI is InChI=1S/C17H36O3SSe.Na.H/c1-2-3-4-5-6-7-8-9-10-11-12-13-16-22-17-14-15-21(18,19)20;;/h2-17H2,1H3,(H,18,19,20);;. The first-order valence-electron chi connectivity index (χ1n) is 9.09. The van der Waals surface area contributed by atoms with Crippen LogP contribution < -0.4 is 0 Å². The average Bonchev–Trinajstić information content (AvgIpc) is 2.45. The van der Waals surface area contributed by atoms with Crippen molar-refractivity contribution >= 4 is 54.6 Å². The van der Waals surface area contributed by atoms with Gasteiger partial charge in [0.05, 0.1) is 0 Å². The molecule has 0 saturated carbocycles. The third-order valence-electron chi connectivity index (χ3n) is 3.83. The van der Waals surface area contributed by atoms with E-state index >= 15 is 0 Å². The SMILES string of the molecule is CCCCCCCCCCCCCC[Se]CCCS(=O)(=O)O.[NaH]. The van der Waals surface area contributed by atoms with E-state index in [4.69, 9.17) is 4.55 Å². The molecular formula is C17H37NaO3SSe. The number of hydrogen-bond acceptors (Lipinski definition) is 2. The number of rotatable bonds is 17. The quantitative estimate of drug-likeness (QED) is 0.207. The van der Waals surface area contributed by atoms with Crippen LogP contribution in [0, 0.1) is 0 Å². The summed E-state index contributed by atoms with van der Waals surface area (Å²) in [6, 6.07) is 0. The molecule has 0 bridgehead atoms. The second-order valence-electron chi connectivity index (χ2n) is 6.14. The molecule has 0 heterocycles. The second kappa shape index (κ2) is 19.8. The topological polar surface area (TPSA) is 54.4 Å². The van der Waals surface area contributed by atoms with Gasteiger partial charge < -0.3 is 0 Å². The molecule has 0 aliphatic heterocycles. The predicted octanol–water partition coefficient (Wildman–Crippen LogP) is 4.86. The molecule has 0 rings (SSSR count). The maximum absolute atomic E-state index is 10.5. The molecule has 0 amide bonds. The zero-order chi connectivity index (χ0) is 16.5. The van der Waals surface area contributed by atoms with E-state index in [0.717, 1.165) is 5.32 Å². The summed E-state index contributed by atoms with van der Waals surface area (Å²) in [5.41, 5.74) is 0. The molecule has 0 aromatic rings. The van der Waals surface area contributed by atoms with Gasteiger partial charge in [0, 0.05) is 0 Å². The van der Waals surface area contributed by atoms with Crippen LogP contribution in [-0.2, 0) is 10.1 Å². The van der Waals surface area contributed by atoms with Crippen LogP contribution in [0.15, 0.2) is 0 Å². The Bertz CT molecular complexity index is 324. The fourth-order valence-corrected chi connectivity index (χ4v) is 5.43. The van der Waals surface area contributed by atoms with Crippen LogP contribution >= 0.6 is 0 Å². The average molecular weight is 423 g/mol. The summed E-state index contributed by atoms with van der Waals surface area (Å²) in [7, 11) is -3.73. The van der Waals surface area contributed by atoms with Gasteiger partial charge in [-0.05, 0) is 0 Å². The minimum atomic E-state index is -3.73. The summed E-state index contributed by atoms with van der Waals surface area (Å²) < 4.78 is 29.7. The molecule has 6 heteroatoms. The summed E-state index contributed by atoms with van der Waals surface area (Å²) >= 11 is 0.559. The fourth-order valence-electron chi connectivity index (χ4n) is 2.49. The van der Waals surface area contributed by atoms with Crippen molar-refractivity contribution in [2.75, 3.05) is 5.75 Å². The third-order valence-corrected chi connectivity index (χ3v) is 7.06. The van der Waals surface area contributed by atoms with Crippen molar-refractivity contribution in [3.8, 4) is 0 Å². The van der Waals surface area contributed by atoms with Gasteiger partial charge in [0.2, 0.25) is 0 Å². The van der Waals surface area contributed by atoms with E-state index in [1.807, 2.05) is 0 Å². The first-order chi connectivity index (χ1) is 10.6. The number of hydrogen-bond donors (Lipinski definition) is 1. The van der Waals surface area contributed by atoms with Crippen LogP contribution in [0.25, 0.3) is 0 Å². The van der Waals surface area contributed by atoms with Gasteiger partial charge in [0.25, 0.3) is 0 Å². The molecule has 0 aliphatic rings. The molecule has 0 unspecified atom stereocenters. The van der Waals surface area contributed by atoms with Crippen LogP contribution in [0.2, 0.25) is 10.6 Å². The molecule has 0 aromatic heterocycles. The molecule has 0 saturated heterocycles. The first kappa shape index (κ1) is 26.7. The minimum absolute atomic E-state index is 0. The van der Waals surface area contributed by atoms with Crippen LogP contribution in [0.5, 0.6) is 0 Å². The molecule has 0 aliphatic carbocycles. The molecular weight excluding hydrogens is 386 g/mol. The van der Waals surface area contributed by atoms with Crippen molar-refractivity contribution in [1.29, 1.82) is 0 Å². The van der Waals surface area contributed by atoms with E-state index in [9.17, 15) is 8.42 Å². The first-order valence-corrected chi connectivity index (χ1v) is 13.1. The Morgan fingerprint density at radius 3 is 1.52 bits per heavy atom.